The first kappa shape index (κ1) is 15.9. The number of hydrogen-bond acceptors (Lipinski definition) is 2. The Hall–Kier alpha value is -1.52. The minimum Gasteiger partial charge on any atom is -0.334 e. The molecule has 5 heteroatoms. The first-order chi connectivity index (χ1) is 10.1. The van der Waals surface area contributed by atoms with E-state index in [1.165, 1.54) is 6.42 Å². The molecule has 0 aromatic carbocycles. The number of urea groups is 1. The molecule has 1 aliphatic heterocycles. The van der Waals surface area contributed by atoms with Crippen LogP contribution in [0.25, 0.3) is 0 Å². The molecule has 1 aromatic heterocycles. The largest absolute Gasteiger partial charge is 0.334 e. The maximum Gasteiger partial charge on any atom is 0.317 e. The minimum absolute atomic E-state index is 0.0617. The summed E-state index contributed by atoms with van der Waals surface area (Å²) in [6.45, 7) is 9.69. The maximum absolute atomic E-state index is 12.2. The quantitative estimate of drug-likeness (QED) is 0.876. The summed E-state index contributed by atoms with van der Waals surface area (Å²) in [7, 11) is 0. The number of nitrogens with one attached hydrogen (secondary N) is 1. The van der Waals surface area contributed by atoms with Crippen molar-refractivity contribution in [2.24, 2.45) is 5.92 Å². The number of aryl methyl sites for hydroxylation is 2. The molecule has 1 saturated heterocycles. The molecule has 2 rings (SSSR count). The molecule has 0 bridgehead atoms. The molecule has 0 aliphatic carbocycles. The van der Waals surface area contributed by atoms with Gasteiger partial charge in [-0.1, -0.05) is 26.7 Å². The second kappa shape index (κ2) is 7.48. The Morgan fingerprint density at radius 3 is 2.95 bits per heavy atom. The van der Waals surface area contributed by atoms with Crippen molar-refractivity contribution in [3.05, 3.63) is 17.5 Å². The molecular formula is C16H28N4O. The summed E-state index contributed by atoms with van der Waals surface area (Å²) in [6, 6.07) is 0.0617. The van der Waals surface area contributed by atoms with Crippen LogP contribution in [0.1, 0.15) is 50.8 Å². The normalized spacial score (nSPS) is 18.2. The Kier molecular flexibility index (Phi) is 5.65. The van der Waals surface area contributed by atoms with Crippen molar-refractivity contribution in [2.45, 2.75) is 59.5 Å². The second-order valence-electron chi connectivity index (χ2n) is 6.02. The summed E-state index contributed by atoms with van der Waals surface area (Å²) >= 11 is 0. The fourth-order valence-electron chi connectivity index (χ4n) is 2.80. The lowest BCUT2D eigenvalue weighted by Gasteiger charge is -2.17. The Morgan fingerprint density at radius 1 is 1.48 bits per heavy atom. The highest BCUT2D eigenvalue weighted by Crippen LogP contribution is 2.19. The molecule has 1 N–H and O–H groups in total. The highest BCUT2D eigenvalue weighted by molar-refractivity contribution is 5.74. The van der Waals surface area contributed by atoms with E-state index in [1.54, 1.807) is 0 Å². The lowest BCUT2D eigenvalue weighted by molar-refractivity contribution is 0.206. The standard InChI is InChI=1S/C16H28N4O/c1-4-6-8-20-12-15(13(3)18-20)10-17-16(21)19-9-7-14(5-2)11-19/h12,14H,4-11H2,1-3H3,(H,17,21). The minimum atomic E-state index is 0.0617. The van der Waals surface area contributed by atoms with E-state index in [-0.39, 0.29) is 6.03 Å². The molecule has 0 radical (unpaired) electrons. The van der Waals surface area contributed by atoms with Crippen LogP contribution in [0.3, 0.4) is 0 Å². The van der Waals surface area contributed by atoms with Gasteiger partial charge >= 0.3 is 6.03 Å². The monoisotopic (exact) mass is 292 g/mol. The van der Waals surface area contributed by atoms with Gasteiger partial charge in [0.2, 0.25) is 0 Å². The van der Waals surface area contributed by atoms with Crippen molar-refractivity contribution in [1.29, 1.82) is 0 Å². The van der Waals surface area contributed by atoms with Crippen LogP contribution in [0, 0.1) is 12.8 Å². The van der Waals surface area contributed by atoms with Crippen LogP contribution in [-0.4, -0.2) is 33.8 Å². The fourth-order valence-corrected chi connectivity index (χ4v) is 2.80. The third-order valence-corrected chi connectivity index (χ3v) is 4.37. The molecule has 1 fully saturated rings. The third kappa shape index (κ3) is 4.22. The summed E-state index contributed by atoms with van der Waals surface area (Å²) in [5.74, 6) is 0.675. The summed E-state index contributed by atoms with van der Waals surface area (Å²) < 4.78 is 1.99. The lowest BCUT2D eigenvalue weighted by atomic mass is 10.1. The predicted molar refractivity (Wildman–Crippen MR) is 84.1 cm³/mol. The second-order valence-corrected chi connectivity index (χ2v) is 6.02. The van der Waals surface area contributed by atoms with E-state index in [9.17, 15) is 4.79 Å². The van der Waals surface area contributed by atoms with Crippen LogP contribution < -0.4 is 5.32 Å². The number of amides is 2. The number of hydrogen-bond donors (Lipinski definition) is 1. The third-order valence-electron chi connectivity index (χ3n) is 4.37. The lowest BCUT2D eigenvalue weighted by Crippen LogP contribution is -2.38. The van der Waals surface area contributed by atoms with Gasteiger partial charge in [-0.3, -0.25) is 4.68 Å². The molecule has 5 nitrogen and oxygen atoms in total. The van der Waals surface area contributed by atoms with Crippen LogP contribution in [0.5, 0.6) is 0 Å². The van der Waals surface area contributed by atoms with Crippen LogP contribution in [-0.2, 0) is 13.1 Å². The Bertz CT molecular complexity index is 469. The number of unbranched alkanes of at least 4 members (excludes halogenated alkanes) is 1. The van der Waals surface area contributed by atoms with E-state index in [4.69, 9.17) is 0 Å². The number of aromatic nitrogens is 2. The van der Waals surface area contributed by atoms with Gasteiger partial charge in [0.05, 0.1) is 5.69 Å². The zero-order valence-electron chi connectivity index (χ0n) is 13.6. The average Bonchev–Trinajstić information content (AvgIpc) is 3.09. The van der Waals surface area contributed by atoms with Crippen molar-refractivity contribution in [1.82, 2.24) is 20.0 Å². The molecule has 0 saturated carbocycles. The molecule has 2 amide bonds. The zero-order chi connectivity index (χ0) is 15.2. The molecule has 21 heavy (non-hydrogen) atoms. The molecule has 1 aromatic rings. The first-order valence-electron chi connectivity index (χ1n) is 8.19. The van der Waals surface area contributed by atoms with Crippen molar-refractivity contribution >= 4 is 6.03 Å². The molecule has 1 atom stereocenters. The summed E-state index contributed by atoms with van der Waals surface area (Å²) in [5.41, 5.74) is 2.13. The number of carbonyl (C=O) groups excluding carboxylic acids is 1. The fraction of sp³-hybridized carbons (Fsp3) is 0.750. The Balaban J connectivity index is 1.82. The number of carbonyl (C=O) groups is 1. The SMILES string of the molecule is CCCCn1cc(CNC(=O)N2CCC(CC)C2)c(C)n1. The molecule has 1 unspecified atom stereocenters. The zero-order valence-corrected chi connectivity index (χ0v) is 13.6. The highest BCUT2D eigenvalue weighted by Gasteiger charge is 2.24. The van der Waals surface area contributed by atoms with Crippen molar-refractivity contribution in [3.8, 4) is 0 Å². The Labute approximate surface area is 127 Å². The summed E-state index contributed by atoms with van der Waals surface area (Å²) in [6.07, 6.45) is 6.66. The Morgan fingerprint density at radius 2 is 2.29 bits per heavy atom. The summed E-state index contributed by atoms with van der Waals surface area (Å²) in [4.78, 5) is 14.1. The number of rotatable bonds is 6. The van der Waals surface area contributed by atoms with Crippen molar-refractivity contribution in [2.75, 3.05) is 13.1 Å². The first-order valence-corrected chi connectivity index (χ1v) is 8.19. The van der Waals surface area contributed by atoms with Gasteiger partial charge in [-0.15, -0.1) is 0 Å². The van der Waals surface area contributed by atoms with E-state index >= 15 is 0 Å². The predicted octanol–water partition coefficient (Wildman–Crippen LogP) is 2.93. The van der Waals surface area contributed by atoms with Gasteiger partial charge in [0, 0.05) is 37.9 Å². The van der Waals surface area contributed by atoms with Crippen molar-refractivity contribution in [3.63, 3.8) is 0 Å². The van der Waals surface area contributed by atoms with Gasteiger partial charge in [0.25, 0.3) is 0 Å². The van der Waals surface area contributed by atoms with E-state index in [0.29, 0.717) is 12.5 Å². The molecule has 1 aliphatic rings. The highest BCUT2D eigenvalue weighted by atomic mass is 16.2. The van der Waals surface area contributed by atoms with Gasteiger partial charge in [0.1, 0.15) is 0 Å². The molecule has 0 spiro atoms. The van der Waals surface area contributed by atoms with Crippen LogP contribution in [0.15, 0.2) is 6.20 Å². The van der Waals surface area contributed by atoms with E-state index in [1.807, 2.05) is 16.5 Å². The van der Waals surface area contributed by atoms with Gasteiger partial charge in [-0.05, 0) is 25.7 Å². The smallest absolute Gasteiger partial charge is 0.317 e. The average molecular weight is 292 g/mol. The van der Waals surface area contributed by atoms with Crippen molar-refractivity contribution < 1.29 is 4.79 Å². The van der Waals surface area contributed by atoms with E-state index in [2.05, 4.69) is 30.5 Å². The molecular weight excluding hydrogens is 264 g/mol. The van der Waals surface area contributed by atoms with Gasteiger partial charge in [0.15, 0.2) is 0 Å². The topological polar surface area (TPSA) is 50.2 Å². The maximum atomic E-state index is 12.2. The van der Waals surface area contributed by atoms with Crippen LogP contribution >= 0.6 is 0 Å². The van der Waals surface area contributed by atoms with Gasteiger partial charge < -0.3 is 10.2 Å². The van der Waals surface area contributed by atoms with Crippen LogP contribution in [0.4, 0.5) is 4.79 Å². The van der Waals surface area contributed by atoms with Crippen LogP contribution in [0.2, 0.25) is 0 Å². The number of likely N-dealkylation sites (tertiary alicyclic amines) is 1. The number of nitrogens with zero attached hydrogens (tertiary/aromatic N) is 3. The van der Waals surface area contributed by atoms with Gasteiger partial charge in [-0.2, -0.15) is 5.10 Å². The molecule has 118 valence electrons. The van der Waals surface area contributed by atoms with E-state index < -0.39 is 0 Å². The van der Waals surface area contributed by atoms with Gasteiger partial charge in [-0.25, -0.2) is 4.79 Å². The molecule has 2 heterocycles. The summed E-state index contributed by atoms with van der Waals surface area (Å²) in [5, 5.41) is 7.53. The van der Waals surface area contributed by atoms with E-state index in [0.717, 1.165) is 50.2 Å².